The molecule has 0 fully saturated rings. The molecule has 52 valence electrons. The topological polar surface area (TPSA) is 39.6 Å². The van der Waals surface area contributed by atoms with Crippen LogP contribution in [0, 0.1) is 11.3 Å². The molecule has 0 aromatic carbocycles. The summed E-state index contributed by atoms with van der Waals surface area (Å²) >= 11 is 5.74. The van der Waals surface area contributed by atoms with Crippen molar-refractivity contribution in [2.24, 2.45) is 0 Å². The number of aromatic amines is 1. The minimum atomic E-state index is -0.0293. The van der Waals surface area contributed by atoms with Crippen LogP contribution in [0.5, 0.6) is 0 Å². The first kappa shape index (κ1) is 7.17. The summed E-state index contributed by atoms with van der Waals surface area (Å²) in [7, 11) is 0. The van der Waals surface area contributed by atoms with Crippen molar-refractivity contribution < 1.29 is 0 Å². The van der Waals surface area contributed by atoms with E-state index in [1.54, 1.807) is 12.3 Å². The van der Waals surface area contributed by atoms with E-state index in [1.165, 1.54) is 0 Å². The first-order chi connectivity index (χ1) is 4.74. The van der Waals surface area contributed by atoms with Crippen LogP contribution in [-0.4, -0.2) is 4.98 Å². The lowest BCUT2D eigenvalue weighted by atomic mass is 10.2. The number of nitrogens with zero attached hydrogens (tertiary/aromatic N) is 1. The number of H-pyrrole nitrogens is 1. The monoisotopic (exact) mass is 154 g/mol. The average Bonchev–Trinajstić information content (AvgIpc) is 2.34. The largest absolute Gasteiger partial charge is 0.353 e. The number of hydrogen-bond donors (Lipinski definition) is 1. The van der Waals surface area contributed by atoms with Crippen LogP contribution < -0.4 is 0 Å². The van der Waals surface area contributed by atoms with Crippen LogP contribution in [-0.2, 0) is 0 Å². The highest BCUT2D eigenvalue weighted by atomic mass is 35.5. The second-order valence-electron chi connectivity index (χ2n) is 2.07. The highest BCUT2D eigenvalue weighted by Gasteiger charge is 2.02. The van der Waals surface area contributed by atoms with Gasteiger partial charge in [-0.05, 0) is 18.6 Å². The molecule has 0 aliphatic carbocycles. The zero-order valence-corrected chi connectivity index (χ0v) is 6.31. The fourth-order valence-corrected chi connectivity index (χ4v) is 0.831. The molecule has 0 aliphatic rings. The van der Waals surface area contributed by atoms with Gasteiger partial charge in [-0.2, -0.15) is 5.26 Å². The smallest absolute Gasteiger partial charge is 0.117 e. The molecular formula is C7H7ClN2. The van der Waals surface area contributed by atoms with Crippen molar-refractivity contribution >= 4 is 11.6 Å². The van der Waals surface area contributed by atoms with Gasteiger partial charge in [0.2, 0.25) is 0 Å². The number of hydrogen-bond acceptors (Lipinski definition) is 1. The lowest BCUT2D eigenvalue weighted by molar-refractivity contribution is 1.09. The van der Waals surface area contributed by atoms with E-state index in [2.05, 4.69) is 4.98 Å². The van der Waals surface area contributed by atoms with Gasteiger partial charge in [-0.3, -0.25) is 0 Å². The van der Waals surface area contributed by atoms with Crippen LogP contribution in [0.3, 0.4) is 0 Å². The molecule has 10 heavy (non-hydrogen) atoms. The highest BCUT2D eigenvalue weighted by molar-refractivity contribution is 6.20. The Morgan fingerprint density at radius 1 is 1.80 bits per heavy atom. The number of nitrogens with one attached hydrogen (secondary N) is 1. The predicted molar refractivity (Wildman–Crippen MR) is 39.8 cm³/mol. The summed E-state index contributed by atoms with van der Waals surface area (Å²) in [6.07, 6.45) is 1.75. The molecule has 3 heteroatoms. The number of halogens is 1. The van der Waals surface area contributed by atoms with Crippen molar-refractivity contribution in [1.82, 2.24) is 4.98 Å². The molecule has 0 radical (unpaired) electrons. The molecular weight excluding hydrogens is 148 g/mol. The fourth-order valence-electron chi connectivity index (χ4n) is 0.705. The normalized spacial score (nSPS) is 12.5. The van der Waals surface area contributed by atoms with Crippen LogP contribution in [0.1, 0.15) is 23.6 Å². The molecule has 0 aliphatic heterocycles. The van der Waals surface area contributed by atoms with Gasteiger partial charge in [-0.25, -0.2) is 0 Å². The third kappa shape index (κ3) is 1.31. The summed E-state index contributed by atoms with van der Waals surface area (Å²) < 4.78 is 0. The summed E-state index contributed by atoms with van der Waals surface area (Å²) in [5.41, 5.74) is 1.51. The first-order valence-electron chi connectivity index (χ1n) is 2.96. The Balaban J connectivity index is 2.91. The number of nitriles is 1. The van der Waals surface area contributed by atoms with Crippen molar-refractivity contribution in [3.05, 3.63) is 23.5 Å². The lowest BCUT2D eigenvalue weighted by Crippen LogP contribution is -1.76. The van der Waals surface area contributed by atoms with E-state index in [9.17, 15) is 0 Å². The zero-order valence-electron chi connectivity index (χ0n) is 5.56. The second kappa shape index (κ2) is 2.76. The average molecular weight is 155 g/mol. The van der Waals surface area contributed by atoms with Crippen molar-refractivity contribution in [3.8, 4) is 6.07 Å². The Kier molecular flexibility index (Phi) is 1.98. The van der Waals surface area contributed by atoms with Gasteiger partial charge in [0.05, 0.1) is 5.38 Å². The van der Waals surface area contributed by atoms with E-state index in [-0.39, 0.29) is 5.38 Å². The van der Waals surface area contributed by atoms with E-state index < -0.39 is 0 Å². The van der Waals surface area contributed by atoms with Gasteiger partial charge < -0.3 is 4.98 Å². The summed E-state index contributed by atoms with van der Waals surface area (Å²) in [6, 6.07) is 3.74. The maximum atomic E-state index is 8.41. The number of aromatic nitrogens is 1. The summed E-state index contributed by atoms with van der Waals surface area (Å²) in [5.74, 6) is 0. The molecule has 2 nitrogen and oxygen atoms in total. The molecule has 0 spiro atoms. The van der Waals surface area contributed by atoms with Crippen LogP contribution in [0.15, 0.2) is 12.3 Å². The summed E-state index contributed by atoms with van der Waals surface area (Å²) in [5, 5.41) is 8.38. The Morgan fingerprint density at radius 2 is 2.50 bits per heavy atom. The molecule has 1 heterocycles. The third-order valence-corrected chi connectivity index (χ3v) is 1.54. The van der Waals surface area contributed by atoms with Gasteiger partial charge in [0.25, 0.3) is 0 Å². The van der Waals surface area contributed by atoms with Crippen molar-refractivity contribution in [3.63, 3.8) is 0 Å². The molecule has 1 rings (SSSR count). The van der Waals surface area contributed by atoms with Crippen LogP contribution in [0.4, 0.5) is 0 Å². The van der Waals surface area contributed by atoms with Crippen LogP contribution in [0.25, 0.3) is 0 Å². The Morgan fingerprint density at radius 3 is 2.80 bits per heavy atom. The second-order valence-corrected chi connectivity index (χ2v) is 2.73. The first-order valence-corrected chi connectivity index (χ1v) is 3.40. The lowest BCUT2D eigenvalue weighted by Gasteiger charge is -1.93. The van der Waals surface area contributed by atoms with E-state index in [0.717, 1.165) is 5.56 Å². The maximum absolute atomic E-state index is 8.41. The minimum Gasteiger partial charge on any atom is -0.353 e. The van der Waals surface area contributed by atoms with Crippen LogP contribution in [0.2, 0.25) is 0 Å². The quantitative estimate of drug-likeness (QED) is 0.619. The van der Waals surface area contributed by atoms with Gasteiger partial charge in [-0.15, -0.1) is 11.6 Å². The molecule has 1 atom stereocenters. The molecule has 1 N–H and O–H groups in total. The zero-order chi connectivity index (χ0) is 7.56. The Bertz CT molecular complexity index is 257. The maximum Gasteiger partial charge on any atom is 0.117 e. The molecule has 1 aromatic heterocycles. The Labute approximate surface area is 64.4 Å². The minimum absolute atomic E-state index is 0.0293. The van der Waals surface area contributed by atoms with Gasteiger partial charge >= 0.3 is 0 Å². The van der Waals surface area contributed by atoms with Gasteiger partial charge in [0.1, 0.15) is 11.8 Å². The van der Waals surface area contributed by atoms with E-state index >= 15 is 0 Å². The molecule has 1 aromatic rings. The highest BCUT2D eigenvalue weighted by Crippen LogP contribution is 2.19. The SMILES string of the molecule is CC(Cl)c1c[nH]c(C#N)c1. The van der Waals surface area contributed by atoms with E-state index in [0.29, 0.717) is 5.69 Å². The van der Waals surface area contributed by atoms with Crippen molar-refractivity contribution in [2.45, 2.75) is 12.3 Å². The molecule has 1 unspecified atom stereocenters. The number of rotatable bonds is 1. The summed E-state index contributed by atoms with van der Waals surface area (Å²) in [4.78, 5) is 2.79. The fraction of sp³-hybridized carbons (Fsp3) is 0.286. The summed E-state index contributed by atoms with van der Waals surface area (Å²) in [6.45, 7) is 1.87. The molecule has 0 bridgehead atoms. The van der Waals surface area contributed by atoms with Crippen molar-refractivity contribution in [1.29, 1.82) is 5.26 Å². The van der Waals surface area contributed by atoms with Gasteiger partial charge in [0.15, 0.2) is 0 Å². The molecule has 0 saturated carbocycles. The third-order valence-electron chi connectivity index (χ3n) is 1.29. The predicted octanol–water partition coefficient (Wildman–Crippen LogP) is 2.19. The van der Waals surface area contributed by atoms with Gasteiger partial charge in [0, 0.05) is 6.20 Å². The number of alkyl halides is 1. The molecule has 0 saturated heterocycles. The molecule has 0 amide bonds. The van der Waals surface area contributed by atoms with Crippen LogP contribution >= 0.6 is 11.6 Å². The standard InChI is InChI=1S/C7H7ClN2/c1-5(8)6-2-7(3-9)10-4-6/h2,4-5,10H,1H3. The van der Waals surface area contributed by atoms with Gasteiger partial charge in [-0.1, -0.05) is 0 Å². The Hall–Kier alpha value is -0.940. The van der Waals surface area contributed by atoms with Crippen molar-refractivity contribution in [2.75, 3.05) is 0 Å². The van der Waals surface area contributed by atoms with E-state index in [4.69, 9.17) is 16.9 Å². The van der Waals surface area contributed by atoms with E-state index in [1.807, 2.05) is 13.0 Å².